The quantitative estimate of drug-likeness (QED) is 0.893. The third-order valence-corrected chi connectivity index (χ3v) is 3.97. The molecule has 0 spiro atoms. The van der Waals surface area contributed by atoms with E-state index in [4.69, 9.17) is 21.1 Å². The standard InChI is InChI=1S/C13H16ClN3O4S/c1-5-7-6-8-10(11(9(7)14)17-22(4,18)19)16-13(21-3)12(15-8)20-2/h6,17H,5H2,1-4H3. The number of hydrogen-bond donors (Lipinski definition) is 1. The van der Waals surface area contributed by atoms with E-state index in [-0.39, 0.29) is 17.4 Å². The molecule has 0 aliphatic heterocycles. The summed E-state index contributed by atoms with van der Waals surface area (Å²) >= 11 is 6.30. The number of rotatable bonds is 5. The van der Waals surface area contributed by atoms with Crippen LogP contribution in [0.25, 0.3) is 11.0 Å². The summed E-state index contributed by atoms with van der Waals surface area (Å²) in [5.74, 6) is 0.358. The molecule has 1 aromatic carbocycles. The van der Waals surface area contributed by atoms with Gasteiger partial charge in [-0.25, -0.2) is 18.4 Å². The van der Waals surface area contributed by atoms with Gasteiger partial charge in [0.1, 0.15) is 5.52 Å². The lowest BCUT2D eigenvalue weighted by molar-refractivity contribution is 0.334. The van der Waals surface area contributed by atoms with Crippen LogP contribution < -0.4 is 14.2 Å². The van der Waals surface area contributed by atoms with Crippen LogP contribution in [0, 0.1) is 0 Å². The zero-order valence-electron chi connectivity index (χ0n) is 12.6. The van der Waals surface area contributed by atoms with E-state index in [0.29, 0.717) is 22.5 Å². The summed E-state index contributed by atoms with van der Waals surface area (Å²) in [6.45, 7) is 1.91. The monoisotopic (exact) mass is 345 g/mol. The number of methoxy groups -OCH3 is 2. The maximum absolute atomic E-state index is 11.6. The second-order valence-electron chi connectivity index (χ2n) is 4.56. The topological polar surface area (TPSA) is 90.4 Å². The Morgan fingerprint density at radius 2 is 1.82 bits per heavy atom. The summed E-state index contributed by atoms with van der Waals surface area (Å²) in [6.07, 6.45) is 1.66. The molecule has 0 aliphatic carbocycles. The van der Waals surface area contributed by atoms with E-state index in [9.17, 15) is 8.42 Å². The molecule has 1 N–H and O–H groups in total. The molecule has 0 aliphatic rings. The van der Waals surface area contributed by atoms with Gasteiger partial charge >= 0.3 is 0 Å². The van der Waals surface area contributed by atoms with Crippen LogP contribution in [0.4, 0.5) is 5.69 Å². The van der Waals surface area contributed by atoms with E-state index in [0.717, 1.165) is 11.8 Å². The van der Waals surface area contributed by atoms with Gasteiger partial charge in [-0.3, -0.25) is 4.72 Å². The molecule has 9 heteroatoms. The lowest BCUT2D eigenvalue weighted by atomic mass is 10.1. The zero-order chi connectivity index (χ0) is 16.5. The smallest absolute Gasteiger partial charge is 0.278 e. The molecule has 0 amide bonds. The predicted octanol–water partition coefficient (Wildman–Crippen LogP) is 2.23. The molecule has 1 heterocycles. The molecule has 2 rings (SSSR count). The van der Waals surface area contributed by atoms with E-state index in [1.807, 2.05) is 6.92 Å². The third kappa shape index (κ3) is 3.17. The molecule has 0 saturated carbocycles. The van der Waals surface area contributed by atoms with Crippen molar-refractivity contribution in [2.75, 3.05) is 25.2 Å². The average molecular weight is 346 g/mol. The first-order valence-electron chi connectivity index (χ1n) is 6.39. The molecular weight excluding hydrogens is 330 g/mol. The van der Waals surface area contributed by atoms with E-state index < -0.39 is 10.0 Å². The number of benzene rings is 1. The minimum absolute atomic E-state index is 0.145. The number of nitrogens with one attached hydrogen (secondary N) is 1. The molecule has 0 atom stereocenters. The summed E-state index contributed by atoms with van der Waals surface area (Å²) in [5.41, 5.74) is 1.70. The van der Waals surface area contributed by atoms with E-state index in [2.05, 4.69) is 14.7 Å². The Kier molecular flexibility index (Phi) is 4.62. The highest BCUT2D eigenvalue weighted by Crippen LogP contribution is 2.36. The third-order valence-electron chi connectivity index (χ3n) is 2.97. The molecule has 0 saturated heterocycles. The number of aromatic nitrogens is 2. The van der Waals surface area contributed by atoms with Crippen LogP contribution in [0.5, 0.6) is 11.8 Å². The van der Waals surface area contributed by atoms with Crippen molar-refractivity contribution < 1.29 is 17.9 Å². The summed E-state index contributed by atoms with van der Waals surface area (Å²) in [7, 11) is -0.656. The van der Waals surface area contributed by atoms with Crippen LogP contribution in [0.15, 0.2) is 6.07 Å². The molecular formula is C13H16ClN3O4S. The summed E-state index contributed by atoms with van der Waals surface area (Å²) in [5, 5.41) is 0.293. The summed E-state index contributed by atoms with van der Waals surface area (Å²) < 4.78 is 35.8. The Bertz CT molecular complexity index is 824. The number of ether oxygens (including phenoxy) is 2. The fourth-order valence-electron chi connectivity index (χ4n) is 2.00. The van der Waals surface area contributed by atoms with Gasteiger partial charge in [0, 0.05) is 0 Å². The van der Waals surface area contributed by atoms with Gasteiger partial charge in [0.25, 0.3) is 11.8 Å². The van der Waals surface area contributed by atoms with Crippen LogP contribution in [0.3, 0.4) is 0 Å². The normalized spacial score (nSPS) is 11.5. The molecule has 0 radical (unpaired) electrons. The molecule has 7 nitrogen and oxygen atoms in total. The van der Waals surface area contributed by atoms with Crippen molar-refractivity contribution in [2.45, 2.75) is 13.3 Å². The number of halogens is 1. The Morgan fingerprint density at radius 1 is 1.23 bits per heavy atom. The largest absolute Gasteiger partial charge is 0.477 e. The van der Waals surface area contributed by atoms with Crippen molar-refractivity contribution in [1.29, 1.82) is 0 Å². The highest BCUT2D eigenvalue weighted by atomic mass is 35.5. The fourth-order valence-corrected chi connectivity index (χ4v) is 2.95. The van der Waals surface area contributed by atoms with Gasteiger partial charge in [-0.1, -0.05) is 18.5 Å². The van der Waals surface area contributed by atoms with E-state index in [1.54, 1.807) is 6.07 Å². The van der Waals surface area contributed by atoms with Crippen molar-refractivity contribution in [1.82, 2.24) is 9.97 Å². The minimum atomic E-state index is -3.53. The molecule has 0 bridgehead atoms. The van der Waals surface area contributed by atoms with Gasteiger partial charge in [-0.05, 0) is 18.1 Å². The first-order chi connectivity index (χ1) is 10.3. The van der Waals surface area contributed by atoms with Gasteiger partial charge < -0.3 is 9.47 Å². The molecule has 22 heavy (non-hydrogen) atoms. The molecule has 1 aromatic heterocycles. The minimum Gasteiger partial charge on any atom is -0.477 e. The van der Waals surface area contributed by atoms with Gasteiger partial charge in [0.05, 0.1) is 36.7 Å². The first kappa shape index (κ1) is 16.6. The lowest BCUT2D eigenvalue weighted by Crippen LogP contribution is -2.12. The molecule has 120 valence electrons. The van der Waals surface area contributed by atoms with E-state index in [1.165, 1.54) is 14.2 Å². The number of aryl methyl sites for hydroxylation is 1. The van der Waals surface area contributed by atoms with Gasteiger partial charge in [-0.15, -0.1) is 0 Å². The second-order valence-corrected chi connectivity index (χ2v) is 6.69. The second kappa shape index (κ2) is 6.13. The van der Waals surface area contributed by atoms with Gasteiger partial charge in [-0.2, -0.15) is 0 Å². The molecule has 2 aromatic rings. The zero-order valence-corrected chi connectivity index (χ0v) is 14.2. The number of hydrogen-bond acceptors (Lipinski definition) is 6. The summed E-state index contributed by atoms with van der Waals surface area (Å²) in [6, 6.07) is 1.75. The molecule has 0 unspecified atom stereocenters. The van der Waals surface area contributed by atoms with Gasteiger partial charge in [0.2, 0.25) is 10.0 Å². The van der Waals surface area contributed by atoms with Gasteiger partial charge in [0.15, 0.2) is 0 Å². The Labute approximate surface area is 133 Å². The first-order valence-corrected chi connectivity index (χ1v) is 8.66. The van der Waals surface area contributed by atoms with E-state index >= 15 is 0 Å². The molecule has 0 fully saturated rings. The van der Waals surface area contributed by atoms with Crippen LogP contribution in [-0.2, 0) is 16.4 Å². The summed E-state index contributed by atoms with van der Waals surface area (Å²) in [4.78, 5) is 8.57. The van der Waals surface area contributed by atoms with Crippen molar-refractivity contribution >= 4 is 38.3 Å². The van der Waals surface area contributed by atoms with Crippen molar-refractivity contribution in [3.63, 3.8) is 0 Å². The Balaban J connectivity index is 2.86. The SMILES string of the molecule is CCc1cc2nc(OC)c(OC)nc2c(NS(C)(=O)=O)c1Cl. The van der Waals surface area contributed by atoms with Crippen LogP contribution in [-0.4, -0.2) is 38.9 Å². The average Bonchev–Trinajstić information content (AvgIpc) is 2.47. The van der Waals surface area contributed by atoms with Crippen LogP contribution >= 0.6 is 11.6 Å². The lowest BCUT2D eigenvalue weighted by Gasteiger charge is -2.14. The number of anilines is 1. The highest BCUT2D eigenvalue weighted by molar-refractivity contribution is 7.92. The van der Waals surface area contributed by atoms with Crippen molar-refractivity contribution in [3.05, 3.63) is 16.7 Å². The number of sulfonamides is 1. The van der Waals surface area contributed by atoms with Crippen LogP contribution in [0.1, 0.15) is 12.5 Å². The highest BCUT2D eigenvalue weighted by Gasteiger charge is 2.19. The van der Waals surface area contributed by atoms with Crippen LogP contribution in [0.2, 0.25) is 5.02 Å². The maximum Gasteiger partial charge on any atom is 0.278 e. The fraction of sp³-hybridized carbons (Fsp3) is 0.385. The number of fused-ring (bicyclic) bond motifs is 1. The van der Waals surface area contributed by atoms with Crippen molar-refractivity contribution in [2.24, 2.45) is 0 Å². The maximum atomic E-state index is 11.6. The predicted molar refractivity (Wildman–Crippen MR) is 85.5 cm³/mol. The number of nitrogens with zero attached hydrogens (tertiary/aromatic N) is 2. The Morgan fingerprint density at radius 3 is 2.32 bits per heavy atom. The Hall–Kier alpha value is -1.80. The van der Waals surface area contributed by atoms with Crippen molar-refractivity contribution in [3.8, 4) is 11.8 Å².